The first-order chi connectivity index (χ1) is 6.69. The summed E-state index contributed by atoms with van der Waals surface area (Å²) < 4.78 is 5.14. The molecule has 0 aliphatic carbocycles. The highest BCUT2D eigenvalue weighted by Gasteiger charge is 2.06. The number of nitrogens with two attached hydrogens (primary N) is 1. The maximum atomic E-state index is 5.91. The third kappa shape index (κ3) is 2.31. The number of ether oxygens (including phenoxy) is 1. The molecule has 0 amide bonds. The quantitative estimate of drug-likeness (QED) is 0.724. The Balaban J connectivity index is 2.86. The van der Waals surface area contributed by atoms with E-state index in [2.05, 4.69) is 19.2 Å². The number of hydrogen-bond donors (Lipinski definition) is 2. The molecule has 1 aromatic rings. The number of hydrogen-bond acceptors (Lipinski definition) is 3. The summed E-state index contributed by atoms with van der Waals surface area (Å²) in [6.07, 6.45) is 1.07. The number of rotatable bonds is 4. The molecule has 0 radical (unpaired) electrons. The summed E-state index contributed by atoms with van der Waals surface area (Å²) in [5, 5.41) is 3.33. The van der Waals surface area contributed by atoms with Gasteiger partial charge in [-0.15, -0.1) is 0 Å². The van der Waals surface area contributed by atoms with Crippen LogP contribution in [-0.2, 0) is 0 Å². The van der Waals surface area contributed by atoms with Crippen LogP contribution in [0, 0.1) is 0 Å². The first-order valence-corrected chi connectivity index (χ1v) is 4.88. The SMILES string of the molecule is CCC(C)Nc1cccc(OC)c1N. The topological polar surface area (TPSA) is 47.3 Å². The summed E-state index contributed by atoms with van der Waals surface area (Å²) in [4.78, 5) is 0. The summed E-state index contributed by atoms with van der Waals surface area (Å²) in [6, 6.07) is 6.17. The first-order valence-electron chi connectivity index (χ1n) is 4.88. The van der Waals surface area contributed by atoms with E-state index in [9.17, 15) is 0 Å². The van der Waals surface area contributed by atoms with Crippen LogP contribution in [0.1, 0.15) is 20.3 Å². The van der Waals surface area contributed by atoms with Crippen molar-refractivity contribution in [1.29, 1.82) is 0 Å². The normalized spacial score (nSPS) is 12.2. The lowest BCUT2D eigenvalue weighted by molar-refractivity contribution is 0.417. The molecule has 3 N–H and O–H groups in total. The smallest absolute Gasteiger partial charge is 0.143 e. The van der Waals surface area contributed by atoms with E-state index in [0.717, 1.165) is 17.9 Å². The molecule has 0 aliphatic rings. The summed E-state index contributed by atoms with van der Waals surface area (Å²) in [6.45, 7) is 4.26. The number of nitrogen functional groups attached to an aromatic ring is 1. The van der Waals surface area contributed by atoms with Crippen LogP contribution < -0.4 is 15.8 Å². The molecule has 1 atom stereocenters. The van der Waals surface area contributed by atoms with Crippen molar-refractivity contribution in [3.05, 3.63) is 18.2 Å². The third-order valence-electron chi connectivity index (χ3n) is 2.30. The molecule has 1 aromatic carbocycles. The third-order valence-corrected chi connectivity index (χ3v) is 2.30. The largest absolute Gasteiger partial charge is 0.495 e. The van der Waals surface area contributed by atoms with Crippen molar-refractivity contribution in [2.45, 2.75) is 26.3 Å². The molecule has 1 unspecified atom stereocenters. The second kappa shape index (κ2) is 4.74. The lowest BCUT2D eigenvalue weighted by Gasteiger charge is -2.16. The highest BCUT2D eigenvalue weighted by Crippen LogP contribution is 2.29. The van der Waals surface area contributed by atoms with Crippen molar-refractivity contribution in [2.75, 3.05) is 18.2 Å². The fourth-order valence-electron chi connectivity index (χ4n) is 1.22. The van der Waals surface area contributed by atoms with E-state index in [0.29, 0.717) is 11.7 Å². The lowest BCUT2D eigenvalue weighted by Crippen LogP contribution is -2.14. The van der Waals surface area contributed by atoms with Gasteiger partial charge in [0.1, 0.15) is 5.75 Å². The first kappa shape index (κ1) is 10.7. The van der Waals surface area contributed by atoms with Crippen LogP contribution in [0.4, 0.5) is 11.4 Å². The van der Waals surface area contributed by atoms with Gasteiger partial charge >= 0.3 is 0 Å². The molecule has 3 nitrogen and oxygen atoms in total. The van der Waals surface area contributed by atoms with E-state index in [-0.39, 0.29) is 0 Å². The van der Waals surface area contributed by atoms with E-state index >= 15 is 0 Å². The summed E-state index contributed by atoms with van der Waals surface area (Å²) in [7, 11) is 1.62. The van der Waals surface area contributed by atoms with Gasteiger partial charge in [0.25, 0.3) is 0 Å². The van der Waals surface area contributed by atoms with Crippen molar-refractivity contribution in [2.24, 2.45) is 0 Å². The highest BCUT2D eigenvalue weighted by atomic mass is 16.5. The predicted molar refractivity (Wildman–Crippen MR) is 60.8 cm³/mol. The van der Waals surface area contributed by atoms with Crippen molar-refractivity contribution >= 4 is 11.4 Å². The van der Waals surface area contributed by atoms with E-state index in [1.807, 2.05) is 18.2 Å². The van der Waals surface area contributed by atoms with Gasteiger partial charge in [-0.2, -0.15) is 0 Å². The second-order valence-electron chi connectivity index (χ2n) is 3.38. The van der Waals surface area contributed by atoms with E-state index in [1.54, 1.807) is 7.11 Å². The Labute approximate surface area is 85.3 Å². The van der Waals surface area contributed by atoms with Crippen LogP contribution in [0.2, 0.25) is 0 Å². The summed E-state index contributed by atoms with van der Waals surface area (Å²) in [5.74, 6) is 0.721. The number of nitrogens with one attached hydrogen (secondary N) is 1. The fraction of sp³-hybridized carbons (Fsp3) is 0.455. The van der Waals surface area contributed by atoms with Crippen LogP contribution in [0.25, 0.3) is 0 Å². The van der Waals surface area contributed by atoms with Gasteiger partial charge in [-0.3, -0.25) is 0 Å². The zero-order valence-corrected chi connectivity index (χ0v) is 9.00. The van der Waals surface area contributed by atoms with Crippen LogP contribution in [0.15, 0.2) is 18.2 Å². The molecule has 14 heavy (non-hydrogen) atoms. The number of para-hydroxylation sites is 1. The molecular formula is C11H18N2O. The maximum absolute atomic E-state index is 5.91. The summed E-state index contributed by atoms with van der Waals surface area (Å²) in [5.41, 5.74) is 7.53. The molecule has 0 aromatic heterocycles. The monoisotopic (exact) mass is 194 g/mol. The van der Waals surface area contributed by atoms with Crippen LogP contribution in [0.5, 0.6) is 5.75 Å². The van der Waals surface area contributed by atoms with Gasteiger partial charge in [-0.25, -0.2) is 0 Å². The Hall–Kier alpha value is -1.38. The van der Waals surface area contributed by atoms with Crippen molar-refractivity contribution in [1.82, 2.24) is 0 Å². The molecule has 78 valence electrons. The fourth-order valence-corrected chi connectivity index (χ4v) is 1.22. The minimum absolute atomic E-state index is 0.421. The Bertz CT molecular complexity index is 299. The van der Waals surface area contributed by atoms with Crippen LogP contribution in [-0.4, -0.2) is 13.2 Å². The van der Waals surface area contributed by atoms with Crippen molar-refractivity contribution in [3.8, 4) is 5.75 Å². The zero-order valence-electron chi connectivity index (χ0n) is 9.00. The van der Waals surface area contributed by atoms with Gasteiger partial charge < -0.3 is 15.8 Å². The van der Waals surface area contributed by atoms with Gasteiger partial charge in [0.2, 0.25) is 0 Å². The molecule has 3 heteroatoms. The minimum Gasteiger partial charge on any atom is -0.495 e. The van der Waals surface area contributed by atoms with Crippen LogP contribution >= 0.6 is 0 Å². The molecule has 0 saturated carbocycles. The molecule has 0 heterocycles. The molecule has 1 rings (SSSR count). The number of methoxy groups -OCH3 is 1. The standard InChI is InChI=1S/C11H18N2O/c1-4-8(2)13-9-6-5-7-10(14-3)11(9)12/h5-8,13H,4,12H2,1-3H3. The Kier molecular flexibility index (Phi) is 3.63. The lowest BCUT2D eigenvalue weighted by atomic mass is 10.2. The Morgan fingerprint density at radius 2 is 2.21 bits per heavy atom. The average molecular weight is 194 g/mol. The number of anilines is 2. The van der Waals surface area contributed by atoms with E-state index in [1.165, 1.54) is 0 Å². The average Bonchev–Trinajstić information content (AvgIpc) is 2.21. The van der Waals surface area contributed by atoms with Gasteiger partial charge in [0.15, 0.2) is 0 Å². The minimum atomic E-state index is 0.421. The number of benzene rings is 1. The highest BCUT2D eigenvalue weighted by molar-refractivity contribution is 5.73. The Morgan fingerprint density at radius 1 is 1.50 bits per heavy atom. The van der Waals surface area contributed by atoms with Gasteiger partial charge in [0, 0.05) is 6.04 Å². The van der Waals surface area contributed by atoms with Crippen molar-refractivity contribution in [3.63, 3.8) is 0 Å². The van der Waals surface area contributed by atoms with Gasteiger partial charge in [0.05, 0.1) is 18.5 Å². The molecule has 0 bridgehead atoms. The van der Waals surface area contributed by atoms with Gasteiger partial charge in [-0.1, -0.05) is 13.0 Å². The van der Waals surface area contributed by atoms with E-state index in [4.69, 9.17) is 10.5 Å². The second-order valence-corrected chi connectivity index (χ2v) is 3.38. The summed E-state index contributed by atoms with van der Waals surface area (Å²) >= 11 is 0. The zero-order chi connectivity index (χ0) is 10.6. The molecule has 0 aliphatic heterocycles. The molecular weight excluding hydrogens is 176 g/mol. The van der Waals surface area contributed by atoms with E-state index < -0.39 is 0 Å². The van der Waals surface area contributed by atoms with Crippen molar-refractivity contribution < 1.29 is 4.74 Å². The predicted octanol–water partition coefficient (Wildman–Crippen LogP) is 2.49. The van der Waals surface area contributed by atoms with Gasteiger partial charge in [-0.05, 0) is 25.5 Å². The molecule has 0 spiro atoms. The van der Waals surface area contributed by atoms with Crippen LogP contribution in [0.3, 0.4) is 0 Å². The molecule has 0 fully saturated rings. The molecule has 0 saturated heterocycles. The Morgan fingerprint density at radius 3 is 2.79 bits per heavy atom. The maximum Gasteiger partial charge on any atom is 0.143 e.